The molecule has 1 atom stereocenters. The second kappa shape index (κ2) is 9.42. The number of hydrogen-bond donors (Lipinski definition) is 2. The third-order valence-corrected chi connectivity index (χ3v) is 6.89. The number of allylic oxidation sites excluding steroid dienone is 1. The van der Waals surface area contributed by atoms with Crippen molar-refractivity contribution in [1.82, 2.24) is 10.2 Å². The summed E-state index contributed by atoms with van der Waals surface area (Å²) in [5, 5.41) is 9.19. The first-order valence-electron chi connectivity index (χ1n) is 9.59. The van der Waals surface area contributed by atoms with Gasteiger partial charge in [0, 0.05) is 31.3 Å². The highest BCUT2D eigenvalue weighted by Crippen LogP contribution is 2.31. The molecule has 1 aromatic rings. The molecular formula is C21H30F3N3O3S. The molecule has 0 fully saturated rings. The Morgan fingerprint density at radius 3 is 1.94 bits per heavy atom. The van der Waals surface area contributed by atoms with Crippen molar-refractivity contribution < 1.29 is 26.4 Å². The fourth-order valence-corrected chi connectivity index (χ4v) is 4.48. The van der Waals surface area contributed by atoms with E-state index in [-0.39, 0.29) is 16.4 Å². The topological polar surface area (TPSA) is 90.3 Å². The molecule has 10 heteroatoms. The number of rotatable bonds is 7. The highest BCUT2D eigenvalue weighted by molar-refractivity contribution is 7.92. The van der Waals surface area contributed by atoms with E-state index < -0.39 is 44.1 Å². The van der Waals surface area contributed by atoms with Crippen LogP contribution in [0.5, 0.6) is 0 Å². The van der Waals surface area contributed by atoms with Crippen molar-refractivity contribution in [3.63, 3.8) is 0 Å². The zero-order chi connectivity index (χ0) is 24.4. The minimum Gasteiger partial charge on any atom is -0.364 e. The molecule has 0 bridgehead atoms. The van der Waals surface area contributed by atoms with Crippen LogP contribution >= 0.6 is 0 Å². The first-order chi connectivity index (χ1) is 13.9. The van der Waals surface area contributed by atoms with Gasteiger partial charge in [0.05, 0.1) is 10.5 Å². The Morgan fingerprint density at radius 1 is 1.10 bits per heavy atom. The average molecular weight is 462 g/mol. The van der Waals surface area contributed by atoms with Crippen molar-refractivity contribution in [3.05, 3.63) is 41.7 Å². The van der Waals surface area contributed by atoms with Crippen molar-refractivity contribution in [1.29, 1.82) is 5.41 Å². The summed E-state index contributed by atoms with van der Waals surface area (Å²) in [7, 11) is -0.997. The lowest BCUT2D eigenvalue weighted by molar-refractivity contribution is -0.137. The number of halogens is 3. The Kier molecular flexibility index (Phi) is 8.10. The molecular weight excluding hydrogens is 431 g/mol. The van der Waals surface area contributed by atoms with Gasteiger partial charge in [-0.25, -0.2) is 8.42 Å². The van der Waals surface area contributed by atoms with Gasteiger partial charge in [-0.15, -0.1) is 0 Å². The quantitative estimate of drug-likeness (QED) is 0.599. The van der Waals surface area contributed by atoms with E-state index in [9.17, 15) is 26.4 Å². The zero-order valence-corrected chi connectivity index (χ0v) is 19.6. The Labute approximate surface area is 181 Å². The van der Waals surface area contributed by atoms with E-state index in [1.807, 2.05) is 20.8 Å². The largest absolute Gasteiger partial charge is 0.416 e. The summed E-state index contributed by atoms with van der Waals surface area (Å²) in [6, 6.07) is 3.08. The Hall–Kier alpha value is -2.36. The van der Waals surface area contributed by atoms with Crippen molar-refractivity contribution in [2.75, 3.05) is 14.1 Å². The summed E-state index contributed by atoms with van der Waals surface area (Å²) in [4.78, 5) is 14.1. The first kappa shape index (κ1) is 26.7. The van der Waals surface area contributed by atoms with Crippen LogP contribution in [0.15, 0.2) is 41.1 Å². The van der Waals surface area contributed by atoms with Crippen LogP contribution in [-0.2, 0) is 20.8 Å². The van der Waals surface area contributed by atoms with Gasteiger partial charge in [-0.2, -0.15) is 13.2 Å². The van der Waals surface area contributed by atoms with Gasteiger partial charge in [0.2, 0.25) is 5.91 Å². The molecule has 0 aromatic heterocycles. The summed E-state index contributed by atoms with van der Waals surface area (Å²) in [6.07, 6.45) is -3.15. The van der Waals surface area contributed by atoms with Gasteiger partial charge in [-0.1, -0.05) is 34.6 Å². The normalized spacial score (nSPS) is 14.4. The fourth-order valence-electron chi connectivity index (χ4n) is 2.61. The number of amides is 1. The summed E-state index contributed by atoms with van der Waals surface area (Å²) in [6.45, 7) is 8.57. The summed E-state index contributed by atoms with van der Waals surface area (Å²) >= 11 is 0. The van der Waals surface area contributed by atoms with E-state index >= 15 is 0 Å². The van der Waals surface area contributed by atoms with Crippen molar-refractivity contribution in [2.24, 2.45) is 11.3 Å². The van der Waals surface area contributed by atoms with Crippen LogP contribution in [0.4, 0.5) is 13.2 Å². The maximum atomic E-state index is 13.1. The van der Waals surface area contributed by atoms with E-state index in [0.29, 0.717) is 12.1 Å². The van der Waals surface area contributed by atoms with Crippen LogP contribution in [0, 0.1) is 16.7 Å². The predicted octanol–water partition coefficient (Wildman–Crippen LogP) is 4.09. The summed E-state index contributed by atoms with van der Waals surface area (Å²) in [5.41, 5.74) is -1.24. The number of nitrogens with one attached hydrogen (secondary N) is 2. The van der Waals surface area contributed by atoms with Gasteiger partial charge >= 0.3 is 6.18 Å². The van der Waals surface area contributed by atoms with E-state index in [1.165, 1.54) is 6.08 Å². The summed E-state index contributed by atoms with van der Waals surface area (Å²) in [5.74, 6) is -1.24. The molecule has 1 amide bonds. The molecule has 0 heterocycles. The van der Waals surface area contributed by atoms with E-state index in [0.717, 1.165) is 12.1 Å². The Bertz CT molecular complexity index is 943. The maximum Gasteiger partial charge on any atom is 0.416 e. The van der Waals surface area contributed by atoms with Crippen LogP contribution in [-0.4, -0.2) is 44.3 Å². The number of nitrogens with zero attached hydrogens (tertiary/aromatic N) is 1. The highest BCUT2D eigenvalue weighted by Gasteiger charge is 2.38. The Morgan fingerprint density at radius 2 is 1.58 bits per heavy atom. The Balaban J connectivity index is 3.32. The van der Waals surface area contributed by atoms with Crippen LogP contribution < -0.4 is 5.32 Å². The van der Waals surface area contributed by atoms with Crippen molar-refractivity contribution >= 4 is 21.5 Å². The number of carbonyl (C=O) groups excluding carboxylic acids is 1. The lowest BCUT2D eigenvalue weighted by Crippen LogP contribution is -2.45. The van der Waals surface area contributed by atoms with Crippen LogP contribution in [0.2, 0.25) is 0 Å². The number of alkyl halides is 3. The molecule has 1 aromatic carbocycles. The average Bonchev–Trinajstić information content (AvgIpc) is 2.58. The minimum absolute atomic E-state index is 0.225. The molecule has 0 saturated carbocycles. The molecule has 0 aliphatic heterocycles. The second-order valence-electron chi connectivity index (χ2n) is 8.81. The molecule has 31 heavy (non-hydrogen) atoms. The van der Waals surface area contributed by atoms with Gasteiger partial charge in [0.1, 0.15) is 11.1 Å². The number of sulfone groups is 1. The molecule has 1 rings (SSSR count). The van der Waals surface area contributed by atoms with Gasteiger partial charge < -0.3 is 15.6 Å². The van der Waals surface area contributed by atoms with Crippen LogP contribution in [0.1, 0.15) is 40.2 Å². The predicted molar refractivity (Wildman–Crippen MR) is 114 cm³/mol. The van der Waals surface area contributed by atoms with E-state index in [2.05, 4.69) is 5.32 Å². The van der Waals surface area contributed by atoms with Gasteiger partial charge in [-0.05, 0) is 30.2 Å². The zero-order valence-electron chi connectivity index (χ0n) is 18.8. The molecule has 0 spiro atoms. The van der Waals surface area contributed by atoms with Crippen molar-refractivity contribution in [3.8, 4) is 0 Å². The molecule has 6 nitrogen and oxygen atoms in total. The first-order valence-corrected chi connectivity index (χ1v) is 11.1. The van der Waals surface area contributed by atoms with E-state index in [1.54, 1.807) is 32.8 Å². The molecule has 174 valence electrons. The molecule has 2 N–H and O–H groups in total. The standard InChI is InChI=1S/C21H30F3N3O3S/c1-13(2)18(19(28)26-17(27(6)7)12-16(25)20(3,4)5)31(29,30)15-10-8-14(9-11-15)21(22,23)24/h8-13,18,25H,1-7H3,(H,26,28)/b17-12-,25-16?. The van der Waals surface area contributed by atoms with Gasteiger partial charge in [0.25, 0.3) is 0 Å². The van der Waals surface area contributed by atoms with Gasteiger partial charge in [0.15, 0.2) is 9.84 Å². The lowest BCUT2D eigenvalue weighted by Gasteiger charge is -2.26. The molecule has 0 saturated heterocycles. The highest BCUT2D eigenvalue weighted by atomic mass is 32.2. The maximum absolute atomic E-state index is 13.1. The van der Waals surface area contributed by atoms with E-state index in [4.69, 9.17) is 5.41 Å². The van der Waals surface area contributed by atoms with Crippen LogP contribution in [0.25, 0.3) is 0 Å². The third-order valence-electron chi connectivity index (χ3n) is 4.53. The summed E-state index contributed by atoms with van der Waals surface area (Å²) < 4.78 is 64.6. The van der Waals surface area contributed by atoms with Gasteiger partial charge in [-0.3, -0.25) is 4.79 Å². The molecule has 0 aliphatic rings. The minimum atomic E-state index is -4.60. The smallest absolute Gasteiger partial charge is 0.364 e. The second-order valence-corrected chi connectivity index (χ2v) is 10.9. The molecule has 1 unspecified atom stereocenters. The third kappa shape index (κ3) is 6.81. The lowest BCUT2D eigenvalue weighted by atomic mass is 9.90. The monoisotopic (exact) mass is 461 g/mol. The SMILES string of the molecule is CC(C)C(C(=O)N/C(=C/C(=N)C(C)(C)C)N(C)C)S(=O)(=O)c1ccc(C(F)(F)F)cc1. The van der Waals surface area contributed by atoms with Crippen molar-refractivity contribution in [2.45, 2.75) is 50.9 Å². The fraction of sp³-hybridized carbons (Fsp3) is 0.524. The molecule has 0 radical (unpaired) electrons. The number of benzene rings is 1. The number of hydrogen-bond acceptors (Lipinski definition) is 5. The molecule has 0 aliphatic carbocycles. The number of carbonyl (C=O) groups is 1. The van der Waals surface area contributed by atoms with Crippen LogP contribution in [0.3, 0.4) is 0 Å².